The Balaban J connectivity index is 2.30. The zero-order chi connectivity index (χ0) is 16.4. The number of nitrogens with zero attached hydrogens (tertiary/aromatic N) is 2. The third-order valence-electron chi connectivity index (χ3n) is 2.85. The van der Waals surface area contributed by atoms with Crippen LogP contribution in [-0.4, -0.2) is 15.7 Å². The Morgan fingerprint density at radius 1 is 1.09 bits per heavy atom. The molecular formula is C13H10F5N3O. The molecule has 1 aromatic heterocycles. The van der Waals surface area contributed by atoms with Gasteiger partial charge in [0.15, 0.2) is 29.1 Å². The lowest BCUT2D eigenvalue weighted by Crippen LogP contribution is -2.13. The van der Waals surface area contributed by atoms with Gasteiger partial charge in [0.2, 0.25) is 11.7 Å². The van der Waals surface area contributed by atoms with Crippen LogP contribution in [0.5, 0.6) is 0 Å². The van der Waals surface area contributed by atoms with Crippen molar-refractivity contribution in [1.29, 1.82) is 0 Å². The number of hydrogen-bond donors (Lipinski definition) is 1. The van der Waals surface area contributed by atoms with Crippen molar-refractivity contribution in [2.45, 2.75) is 19.9 Å². The van der Waals surface area contributed by atoms with E-state index in [4.69, 9.17) is 0 Å². The standard InChI is InChI=1S/C13H10F5N3O/c1-2-8(22)19-7-3-4-21(20-7)5-6-9(14)11(16)13(18)12(17)10(6)15/h3-4H,2,5H2,1H3,(H,19,20,22). The molecule has 0 atom stereocenters. The Bertz CT molecular complexity index is 700. The van der Waals surface area contributed by atoms with E-state index in [1.807, 2.05) is 0 Å². The fourth-order valence-corrected chi connectivity index (χ4v) is 1.70. The van der Waals surface area contributed by atoms with E-state index in [1.165, 1.54) is 12.3 Å². The van der Waals surface area contributed by atoms with Crippen molar-refractivity contribution in [2.75, 3.05) is 5.32 Å². The molecule has 2 aromatic rings. The molecule has 0 spiro atoms. The summed E-state index contributed by atoms with van der Waals surface area (Å²) in [5.41, 5.74) is -1.01. The number of carbonyl (C=O) groups is 1. The van der Waals surface area contributed by atoms with E-state index in [0.717, 1.165) is 4.68 Å². The van der Waals surface area contributed by atoms with Gasteiger partial charge in [0.1, 0.15) is 0 Å². The summed E-state index contributed by atoms with van der Waals surface area (Å²) in [6.45, 7) is 0.939. The summed E-state index contributed by atoms with van der Waals surface area (Å²) in [6, 6.07) is 1.33. The lowest BCUT2D eigenvalue weighted by atomic mass is 10.1. The predicted molar refractivity (Wildman–Crippen MR) is 66.5 cm³/mol. The molecule has 118 valence electrons. The summed E-state index contributed by atoms with van der Waals surface area (Å²) < 4.78 is 67.1. The topological polar surface area (TPSA) is 46.9 Å². The highest BCUT2D eigenvalue weighted by atomic mass is 19.2. The van der Waals surface area contributed by atoms with Crippen LogP contribution in [0.4, 0.5) is 27.8 Å². The van der Waals surface area contributed by atoms with Crippen molar-refractivity contribution < 1.29 is 26.7 Å². The zero-order valence-electron chi connectivity index (χ0n) is 11.3. The molecule has 1 amide bonds. The molecule has 1 heterocycles. The van der Waals surface area contributed by atoms with Gasteiger partial charge in [0, 0.05) is 18.7 Å². The summed E-state index contributed by atoms with van der Waals surface area (Å²) in [6.07, 6.45) is 1.44. The van der Waals surface area contributed by atoms with E-state index < -0.39 is 41.2 Å². The summed E-state index contributed by atoms with van der Waals surface area (Å²) in [4.78, 5) is 11.2. The van der Waals surface area contributed by atoms with Gasteiger partial charge in [0.25, 0.3) is 0 Å². The maximum absolute atomic E-state index is 13.5. The van der Waals surface area contributed by atoms with E-state index in [1.54, 1.807) is 6.92 Å². The van der Waals surface area contributed by atoms with Crippen LogP contribution in [0.3, 0.4) is 0 Å². The van der Waals surface area contributed by atoms with E-state index in [9.17, 15) is 26.7 Å². The average Bonchev–Trinajstić information content (AvgIpc) is 2.94. The van der Waals surface area contributed by atoms with Gasteiger partial charge >= 0.3 is 0 Å². The smallest absolute Gasteiger partial charge is 0.225 e. The molecule has 22 heavy (non-hydrogen) atoms. The van der Waals surface area contributed by atoms with Crippen molar-refractivity contribution in [3.8, 4) is 0 Å². The first-order valence-corrected chi connectivity index (χ1v) is 6.18. The molecule has 0 fully saturated rings. The second-order valence-corrected chi connectivity index (χ2v) is 4.35. The maximum atomic E-state index is 13.5. The van der Waals surface area contributed by atoms with E-state index >= 15 is 0 Å². The number of benzene rings is 1. The van der Waals surface area contributed by atoms with Crippen molar-refractivity contribution in [1.82, 2.24) is 9.78 Å². The van der Waals surface area contributed by atoms with Crippen LogP contribution in [0.15, 0.2) is 12.3 Å². The van der Waals surface area contributed by atoms with Gasteiger partial charge in [0.05, 0.1) is 12.1 Å². The fourth-order valence-electron chi connectivity index (χ4n) is 1.70. The molecule has 0 radical (unpaired) electrons. The third-order valence-corrected chi connectivity index (χ3v) is 2.85. The minimum Gasteiger partial charge on any atom is -0.309 e. The van der Waals surface area contributed by atoms with Gasteiger partial charge in [-0.2, -0.15) is 5.10 Å². The summed E-state index contributed by atoms with van der Waals surface area (Å²) in [7, 11) is 0. The molecule has 2 rings (SSSR count). The minimum atomic E-state index is -2.21. The van der Waals surface area contributed by atoms with Crippen LogP contribution >= 0.6 is 0 Å². The highest BCUT2D eigenvalue weighted by Gasteiger charge is 2.25. The summed E-state index contributed by atoms with van der Waals surface area (Å²) >= 11 is 0. The number of anilines is 1. The maximum Gasteiger partial charge on any atom is 0.225 e. The highest BCUT2D eigenvalue weighted by Crippen LogP contribution is 2.23. The normalized spacial score (nSPS) is 10.8. The van der Waals surface area contributed by atoms with Gasteiger partial charge in [-0.1, -0.05) is 6.92 Å². The molecule has 9 heteroatoms. The Kier molecular flexibility index (Phi) is 4.43. The Morgan fingerprint density at radius 3 is 2.18 bits per heavy atom. The minimum absolute atomic E-state index is 0.107. The van der Waals surface area contributed by atoms with E-state index in [2.05, 4.69) is 10.4 Å². The molecular weight excluding hydrogens is 309 g/mol. The van der Waals surface area contributed by atoms with Crippen LogP contribution in [0.1, 0.15) is 18.9 Å². The van der Waals surface area contributed by atoms with Gasteiger partial charge in [-0.3, -0.25) is 9.48 Å². The molecule has 1 aromatic carbocycles. The molecule has 0 aliphatic rings. The Morgan fingerprint density at radius 2 is 1.64 bits per heavy atom. The second-order valence-electron chi connectivity index (χ2n) is 4.35. The van der Waals surface area contributed by atoms with Crippen molar-refractivity contribution in [2.24, 2.45) is 0 Å². The number of amides is 1. The number of hydrogen-bond acceptors (Lipinski definition) is 2. The molecule has 0 saturated heterocycles. The van der Waals surface area contributed by atoms with Crippen LogP contribution in [0.25, 0.3) is 0 Å². The second kappa shape index (κ2) is 6.12. The van der Waals surface area contributed by atoms with Crippen LogP contribution in [-0.2, 0) is 11.3 Å². The molecule has 1 N–H and O–H groups in total. The third kappa shape index (κ3) is 2.92. The van der Waals surface area contributed by atoms with Gasteiger partial charge in [-0.05, 0) is 0 Å². The Labute approximate surface area is 121 Å². The predicted octanol–water partition coefficient (Wildman–Crippen LogP) is 2.98. The van der Waals surface area contributed by atoms with Crippen molar-refractivity contribution >= 4 is 11.7 Å². The Hall–Kier alpha value is -2.45. The molecule has 0 saturated carbocycles. The SMILES string of the molecule is CCC(=O)Nc1ccn(Cc2c(F)c(F)c(F)c(F)c2F)n1. The van der Waals surface area contributed by atoms with Crippen LogP contribution < -0.4 is 5.32 Å². The summed E-state index contributed by atoms with van der Waals surface area (Å²) in [5.74, 6) is -10.3. The van der Waals surface area contributed by atoms with Crippen LogP contribution in [0, 0.1) is 29.1 Å². The van der Waals surface area contributed by atoms with Crippen LogP contribution in [0.2, 0.25) is 0 Å². The summed E-state index contributed by atoms with van der Waals surface area (Å²) in [5, 5.41) is 6.16. The molecule has 0 aliphatic heterocycles. The number of nitrogens with one attached hydrogen (secondary N) is 1. The van der Waals surface area contributed by atoms with Gasteiger partial charge in [-0.25, -0.2) is 22.0 Å². The lowest BCUT2D eigenvalue weighted by molar-refractivity contribution is -0.115. The van der Waals surface area contributed by atoms with E-state index in [0.29, 0.717) is 0 Å². The van der Waals surface area contributed by atoms with E-state index in [-0.39, 0.29) is 18.1 Å². The number of carbonyl (C=O) groups excluding carboxylic acids is 1. The quantitative estimate of drug-likeness (QED) is 0.535. The number of aromatic nitrogens is 2. The number of rotatable bonds is 4. The molecule has 0 bridgehead atoms. The molecule has 0 aliphatic carbocycles. The number of halogens is 5. The largest absolute Gasteiger partial charge is 0.309 e. The zero-order valence-corrected chi connectivity index (χ0v) is 11.3. The highest BCUT2D eigenvalue weighted by molar-refractivity contribution is 5.89. The van der Waals surface area contributed by atoms with Gasteiger partial charge < -0.3 is 5.32 Å². The van der Waals surface area contributed by atoms with Gasteiger partial charge in [-0.15, -0.1) is 0 Å². The first-order chi connectivity index (χ1) is 10.3. The fraction of sp³-hybridized carbons (Fsp3) is 0.231. The molecule has 4 nitrogen and oxygen atoms in total. The first-order valence-electron chi connectivity index (χ1n) is 6.18. The van der Waals surface area contributed by atoms with Crippen molar-refractivity contribution in [3.63, 3.8) is 0 Å². The molecule has 0 unspecified atom stereocenters. The lowest BCUT2D eigenvalue weighted by Gasteiger charge is -2.08. The first kappa shape index (κ1) is 15.9. The van der Waals surface area contributed by atoms with Crippen molar-refractivity contribution in [3.05, 3.63) is 46.9 Å². The monoisotopic (exact) mass is 319 g/mol. The average molecular weight is 319 g/mol.